The largest absolute Gasteiger partial charge is 0.463 e. The Morgan fingerprint density at radius 3 is 2.26 bits per heavy atom. The Morgan fingerprint density at radius 1 is 1.04 bits per heavy atom. The lowest BCUT2D eigenvalue weighted by molar-refractivity contribution is -0.202. The van der Waals surface area contributed by atoms with Crippen molar-refractivity contribution >= 4 is 22.1 Å². The van der Waals surface area contributed by atoms with Crippen LogP contribution in [0.4, 0.5) is 0 Å². The molecule has 0 bridgehead atoms. The Balaban J connectivity index is 2.70. The molecule has 0 spiro atoms. The van der Waals surface area contributed by atoms with Gasteiger partial charge < -0.3 is 14.2 Å². The van der Waals surface area contributed by atoms with Gasteiger partial charge in [-0.05, 0) is 18.8 Å². The van der Waals surface area contributed by atoms with E-state index in [-0.39, 0.29) is 49.2 Å². The van der Waals surface area contributed by atoms with E-state index in [9.17, 15) is 18.0 Å². The van der Waals surface area contributed by atoms with Crippen LogP contribution in [-0.4, -0.2) is 58.1 Å². The van der Waals surface area contributed by atoms with E-state index < -0.39 is 16.2 Å². The van der Waals surface area contributed by atoms with Crippen LogP contribution in [0.15, 0.2) is 12.2 Å². The third-order valence-corrected chi connectivity index (χ3v) is 5.11. The highest BCUT2D eigenvalue weighted by Gasteiger charge is 2.43. The van der Waals surface area contributed by atoms with Gasteiger partial charge in [0.05, 0.1) is 25.1 Å². The molecule has 1 rings (SSSR count). The van der Waals surface area contributed by atoms with Crippen molar-refractivity contribution in [1.29, 1.82) is 0 Å². The molecule has 9 heteroatoms. The van der Waals surface area contributed by atoms with Gasteiger partial charge in [-0.25, -0.2) is 0 Å². The van der Waals surface area contributed by atoms with E-state index in [2.05, 4.69) is 4.18 Å². The summed E-state index contributed by atoms with van der Waals surface area (Å²) in [7, 11) is -3.45. The molecule has 0 saturated carbocycles. The van der Waals surface area contributed by atoms with Crippen molar-refractivity contribution in [2.45, 2.75) is 58.8 Å². The minimum absolute atomic E-state index is 0.0233. The molecule has 1 heterocycles. The second-order valence-corrected chi connectivity index (χ2v) is 8.47. The van der Waals surface area contributed by atoms with Gasteiger partial charge >= 0.3 is 11.9 Å². The monoisotopic (exact) mass is 406 g/mol. The van der Waals surface area contributed by atoms with E-state index in [1.165, 1.54) is 13.8 Å². The van der Waals surface area contributed by atoms with Gasteiger partial charge in [0, 0.05) is 19.8 Å². The standard InChI is InChI=1S/C18H30O8S/c1-12-13(2)18(25-15(4)20)16(26-17(12)11-23-14(3)19)9-7-6-8-10-24-27(5,21)22/h6-7,12-13,16-18H,8-11H2,1-5H3/b7-6+. The molecule has 0 aromatic rings. The lowest BCUT2D eigenvalue weighted by atomic mass is 9.80. The average Bonchev–Trinajstić information content (AvgIpc) is 2.54. The second-order valence-electron chi connectivity index (χ2n) is 6.83. The summed E-state index contributed by atoms with van der Waals surface area (Å²) in [5, 5.41) is 0. The molecule has 5 atom stereocenters. The SMILES string of the molecule is CC(=O)OCC1OC(C/C=C/CCOS(C)(=O)=O)C(OC(C)=O)C(C)C1C. The summed E-state index contributed by atoms with van der Waals surface area (Å²) >= 11 is 0. The fourth-order valence-corrected chi connectivity index (χ4v) is 3.37. The van der Waals surface area contributed by atoms with E-state index in [4.69, 9.17) is 14.2 Å². The Bertz CT molecular complexity index is 625. The first kappa shape index (κ1) is 23.6. The van der Waals surface area contributed by atoms with E-state index >= 15 is 0 Å². The zero-order chi connectivity index (χ0) is 20.6. The van der Waals surface area contributed by atoms with Crippen molar-refractivity contribution in [2.24, 2.45) is 11.8 Å². The lowest BCUT2D eigenvalue weighted by Crippen LogP contribution is -2.52. The average molecular weight is 406 g/mol. The molecular weight excluding hydrogens is 376 g/mol. The zero-order valence-corrected chi connectivity index (χ0v) is 17.4. The van der Waals surface area contributed by atoms with Crippen molar-refractivity contribution in [3.63, 3.8) is 0 Å². The maximum absolute atomic E-state index is 11.5. The van der Waals surface area contributed by atoms with Gasteiger partial charge in [-0.3, -0.25) is 13.8 Å². The van der Waals surface area contributed by atoms with Crippen molar-refractivity contribution in [3.8, 4) is 0 Å². The number of hydrogen-bond donors (Lipinski definition) is 0. The fraction of sp³-hybridized carbons (Fsp3) is 0.778. The molecule has 1 aliphatic rings. The van der Waals surface area contributed by atoms with Crippen LogP contribution in [0.5, 0.6) is 0 Å². The highest BCUT2D eigenvalue weighted by atomic mass is 32.2. The molecule has 0 N–H and O–H groups in total. The van der Waals surface area contributed by atoms with Crippen LogP contribution >= 0.6 is 0 Å². The maximum atomic E-state index is 11.5. The quantitative estimate of drug-likeness (QED) is 0.247. The molecule has 1 saturated heterocycles. The molecule has 156 valence electrons. The number of carbonyl (C=O) groups excluding carboxylic acids is 2. The second kappa shape index (κ2) is 10.8. The van der Waals surface area contributed by atoms with Crippen LogP contribution < -0.4 is 0 Å². The third kappa shape index (κ3) is 8.85. The summed E-state index contributed by atoms with van der Waals surface area (Å²) in [4.78, 5) is 22.6. The molecule has 0 amide bonds. The molecule has 27 heavy (non-hydrogen) atoms. The number of esters is 2. The Labute approximate surface area is 161 Å². The van der Waals surface area contributed by atoms with Crippen LogP contribution in [0.3, 0.4) is 0 Å². The molecule has 0 aliphatic carbocycles. The Hall–Kier alpha value is -1.45. The third-order valence-electron chi connectivity index (χ3n) is 4.52. The maximum Gasteiger partial charge on any atom is 0.303 e. The number of carbonyl (C=O) groups is 2. The molecule has 0 radical (unpaired) electrons. The molecule has 1 aliphatic heterocycles. The van der Waals surface area contributed by atoms with Gasteiger partial charge in [-0.1, -0.05) is 26.0 Å². The zero-order valence-electron chi connectivity index (χ0n) is 16.5. The van der Waals surface area contributed by atoms with E-state index in [0.29, 0.717) is 12.8 Å². The molecule has 0 aromatic carbocycles. The Morgan fingerprint density at radius 2 is 1.70 bits per heavy atom. The summed E-state index contributed by atoms with van der Waals surface area (Å²) in [5.41, 5.74) is 0. The summed E-state index contributed by atoms with van der Waals surface area (Å²) in [6, 6.07) is 0. The van der Waals surface area contributed by atoms with Crippen LogP contribution in [0, 0.1) is 11.8 Å². The van der Waals surface area contributed by atoms with Crippen molar-refractivity contribution in [1.82, 2.24) is 0 Å². The molecule has 8 nitrogen and oxygen atoms in total. The van der Waals surface area contributed by atoms with Crippen molar-refractivity contribution < 1.29 is 36.4 Å². The summed E-state index contributed by atoms with van der Waals surface area (Å²) in [6.07, 6.45) is 4.47. The first-order valence-corrected chi connectivity index (χ1v) is 10.8. The highest BCUT2D eigenvalue weighted by molar-refractivity contribution is 7.85. The molecule has 0 aromatic heterocycles. The number of rotatable bonds is 9. The normalized spacial score (nSPS) is 28.9. The first-order valence-electron chi connectivity index (χ1n) is 8.96. The summed E-state index contributed by atoms with van der Waals surface area (Å²) < 4.78 is 43.1. The molecule has 5 unspecified atom stereocenters. The fourth-order valence-electron chi connectivity index (χ4n) is 2.97. The van der Waals surface area contributed by atoms with Crippen molar-refractivity contribution in [3.05, 3.63) is 12.2 Å². The van der Waals surface area contributed by atoms with Gasteiger partial charge in [0.25, 0.3) is 10.1 Å². The summed E-state index contributed by atoms with van der Waals surface area (Å²) in [5.74, 6) is -0.688. The van der Waals surface area contributed by atoms with Crippen molar-refractivity contribution in [2.75, 3.05) is 19.5 Å². The van der Waals surface area contributed by atoms with E-state index in [1.807, 2.05) is 19.9 Å². The van der Waals surface area contributed by atoms with Crippen LogP contribution in [0.2, 0.25) is 0 Å². The van der Waals surface area contributed by atoms with Gasteiger partial charge in [0.2, 0.25) is 0 Å². The summed E-state index contributed by atoms with van der Waals surface area (Å²) in [6.45, 7) is 6.88. The lowest BCUT2D eigenvalue weighted by Gasteiger charge is -2.43. The smallest absolute Gasteiger partial charge is 0.303 e. The first-order chi connectivity index (χ1) is 12.5. The van der Waals surface area contributed by atoms with Gasteiger partial charge in [-0.2, -0.15) is 8.42 Å². The van der Waals surface area contributed by atoms with Crippen LogP contribution in [0.25, 0.3) is 0 Å². The Kier molecular flexibility index (Phi) is 9.41. The van der Waals surface area contributed by atoms with Gasteiger partial charge in [0.1, 0.15) is 12.7 Å². The van der Waals surface area contributed by atoms with Gasteiger partial charge in [0.15, 0.2) is 0 Å². The van der Waals surface area contributed by atoms with E-state index in [0.717, 1.165) is 6.26 Å². The highest BCUT2D eigenvalue weighted by Crippen LogP contribution is 2.34. The predicted octanol–water partition coefficient (Wildman–Crippen LogP) is 1.83. The number of hydrogen-bond acceptors (Lipinski definition) is 8. The topological polar surface area (TPSA) is 105 Å². The predicted molar refractivity (Wildman–Crippen MR) is 98.3 cm³/mol. The van der Waals surface area contributed by atoms with E-state index in [1.54, 1.807) is 6.08 Å². The molecule has 1 fully saturated rings. The van der Waals surface area contributed by atoms with Gasteiger partial charge in [-0.15, -0.1) is 0 Å². The minimum atomic E-state index is -3.45. The molecular formula is C18H30O8S. The number of ether oxygens (including phenoxy) is 3. The van der Waals surface area contributed by atoms with Crippen LogP contribution in [-0.2, 0) is 38.1 Å². The van der Waals surface area contributed by atoms with Crippen LogP contribution in [0.1, 0.15) is 40.5 Å². The minimum Gasteiger partial charge on any atom is -0.463 e.